The van der Waals surface area contributed by atoms with Crippen LogP contribution in [-0.4, -0.2) is 44.5 Å². The predicted octanol–water partition coefficient (Wildman–Crippen LogP) is 2.80. The predicted molar refractivity (Wildman–Crippen MR) is 113 cm³/mol. The van der Waals surface area contributed by atoms with Crippen molar-refractivity contribution in [3.05, 3.63) is 45.6 Å². The van der Waals surface area contributed by atoms with E-state index in [-0.39, 0.29) is 29.6 Å². The quantitative estimate of drug-likeness (QED) is 0.745. The smallest absolute Gasteiger partial charge is 0.227 e. The highest BCUT2D eigenvalue weighted by atomic mass is 32.2. The van der Waals surface area contributed by atoms with Gasteiger partial charge in [-0.3, -0.25) is 9.59 Å². The van der Waals surface area contributed by atoms with Gasteiger partial charge in [0.2, 0.25) is 11.8 Å². The maximum Gasteiger partial charge on any atom is 0.227 e. The van der Waals surface area contributed by atoms with Crippen molar-refractivity contribution in [2.24, 2.45) is 0 Å². The van der Waals surface area contributed by atoms with Crippen LogP contribution in [0, 0.1) is 0 Å². The molecule has 6 nitrogen and oxygen atoms in total. The molecule has 3 heterocycles. The summed E-state index contributed by atoms with van der Waals surface area (Å²) in [5.41, 5.74) is 2.86. The first-order valence-electron chi connectivity index (χ1n) is 9.79. The number of sulfone groups is 1. The second-order valence-corrected chi connectivity index (χ2v) is 10.7. The van der Waals surface area contributed by atoms with E-state index in [1.54, 1.807) is 34.4 Å². The van der Waals surface area contributed by atoms with Gasteiger partial charge < -0.3 is 9.80 Å². The molecule has 1 aromatic heterocycles. The number of hydrogen-bond donors (Lipinski definition) is 0. The van der Waals surface area contributed by atoms with Crippen molar-refractivity contribution >= 4 is 38.7 Å². The van der Waals surface area contributed by atoms with E-state index in [1.807, 2.05) is 4.90 Å². The molecule has 2 aliphatic heterocycles. The monoisotopic (exact) mass is 432 g/mol. The first-order valence-corrected chi connectivity index (χ1v) is 12.6. The lowest BCUT2D eigenvalue weighted by atomic mass is 10.0. The number of carbonyl (C=O) groups excluding carboxylic acids is 2. The molecule has 0 atom stereocenters. The van der Waals surface area contributed by atoms with Crippen molar-refractivity contribution in [3.8, 4) is 0 Å². The molecule has 0 radical (unpaired) electrons. The summed E-state index contributed by atoms with van der Waals surface area (Å²) in [6.07, 6.45) is 3.97. The van der Waals surface area contributed by atoms with E-state index < -0.39 is 9.84 Å². The molecule has 0 saturated heterocycles. The zero-order valence-electron chi connectivity index (χ0n) is 16.4. The van der Waals surface area contributed by atoms with Gasteiger partial charge in [-0.2, -0.15) is 0 Å². The topological polar surface area (TPSA) is 74.8 Å². The van der Waals surface area contributed by atoms with Crippen LogP contribution in [0.3, 0.4) is 0 Å². The van der Waals surface area contributed by atoms with Crippen molar-refractivity contribution < 1.29 is 18.0 Å². The van der Waals surface area contributed by atoms with Gasteiger partial charge in [-0.05, 0) is 60.0 Å². The highest BCUT2D eigenvalue weighted by Crippen LogP contribution is 2.30. The number of anilines is 1. The number of hydrogen-bond acceptors (Lipinski definition) is 5. The summed E-state index contributed by atoms with van der Waals surface area (Å²) in [6.45, 7) is 1.94. The Morgan fingerprint density at radius 3 is 2.62 bits per heavy atom. The Hall–Kier alpha value is -2.19. The van der Waals surface area contributed by atoms with Crippen LogP contribution in [0.1, 0.15) is 35.3 Å². The number of rotatable bonds is 4. The molecular weight excluding hydrogens is 408 g/mol. The number of fused-ring (bicyclic) bond motifs is 2. The second-order valence-electron chi connectivity index (χ2n) is 7.65. The van der Waals surface area contributed by atoms with Gasteiger partial charge in [0.25, 0.3) is 0 Å². The molecule has 2 amide bonds. The molecule has 0 N–H and O–H groups in total. The number of amides is 2. The number of nitrogens with zero attached hydrogens (tertiary/aromatic N) is 2. The van der Waals surface area contributed by atoms with Crippen LogP contribution in [0.4, 0.5) is 5.69 Å². The van der Waals surface area contributed by atoms with E-state index in [0.717, 1.165) is 30.5 Å². The maximum absolute atomic E-state index is 12.8. The lowest BCUT2D eigenvalue weighted by Gasteiger charge is -2.30. The van der Waals surface area contributed by atoms with Crippen LogP contribution >= 0.6 is 11.3 Å². The third kappa shape index (κ3) is 4.23. The number of aryl methyl sites for hydroxylation is 1. The van der Waals surface area contributed by atoms with Crippen LogP contribution in [0.5, 0.6) is 0 Å². The van der Waals surface area contributed by atoms with E-state index in [9.17, 15) is 18.0 Å². The molecule has 0 unspecified atom stereocenters. The molecule has 8 heteroatoms. The Bertz CT molecular complexity index is 1060. The lowest BCUT2D eigenvalue weighted by Crippen LogP contribution is -2.38. The highest BCUT2D eigenvalue weighted by molar-refractivity contribution is 7.90. The standard InChI is InChI=1S/C21H24N2O4S2/c1-29(26,27)17-4-5-18-15(13-17)3-2-10-23(18)21(25)7-6-20(24)22-11-8-19-16(14-22)9-12-28-19/h4-5,9,12-13H,2-3,6-8,10-11,14H2,1H3. The minimum Gasteiger partial charge on any atom is -0.338 e. The van der Waals surface area contributed by atoms with E-state index in [4.69, 9.17) is 0 Å². The zero-order valence-corrected chi connectivity index (χ0v) is 18.0. The van der Waals surface area contributed by atoms with E-state index in [1.165, 1.54) is 16.7 Å². The van der Waals surface area contributed by atoms with E-state index in [0.29, 0.717) is 19.6 Å². The normalized spacial score (nSPS) is 16.3. The summed E-state index contributed by atoms with van der Waals surface area (Å²) in [5, 5.41) is 2.06. The molecule has 154 valence electrons. The third-order valence-corrected chi connectivity index (χ3v) is 7.75. The molecule has 29 heavy (non-hydrogen) atoms. The average Bonchev–Trinajstić information content (AvgIpc) is 3.18. The summed E-state index contributed by atoms with van der Waals surface area (Å²) in [7, 11) is -3.28. The van der Waals surface area contributed by atoms with Crippen molar-refractivity contribution in [3.63, 3.8) is 0 Å². The van der Waals surface area contributed by atoms with Crippen LogP contribution in [0.2, 0.25) is 0 Å². The molecule has 2 aromatic rings. The molecule has 2 aliphatic rings. The van der Waals surface area contributed by atoms with Gasteiger partial charge in [-0.15, -0.1) is 11.3 Å². The summed E-state index contributed by atoms with van der Waals surface area (Å²) in [5.74, 6) is -0.0699. The number of thiophene rings is 1. The van der Waals surface area contributed by atoms with E-state index >= 15 is 0 Å². The van der Waals surface area contributed by atoms with Gasteiger partial charge in [0.05, 0.1) is 4.90 Å². The highest BCUT2D eigenvalue weighted by Gasteiger charge is 2.26. The van der Waals surface area contributed by atoms with Crippen LogP contribution in [-0.2, 0) is 38.8 Å². The largest absolute Gasteiger partial charge is 0.338 e. The Kier molecular flexibility index (Phi) is 5.48. The molecular formula is C21H24N2O4S2. The molecule has 0 saturated carbocycles. The lowest BCUT2D eigenvalue weighted by molar-refractivity contribution is -0.134. The molecule has 0 bridgehead atoms. The number of benzene rings is 1. The molecule has 0 aliphatic carbocycles. The maximum atomic E-state index is 12.8. The first kappa shape index (κ1) is 20.1. The summed E-state index contributed by atoms with van der Waals surface area (Å²) in [4.78, 5) is 30.6. The summed E-state index contributed by atoms with van der Waals surface area (Å²) >= 11 is 1.74. The van der Waals surface area contributed by atoms with Crippen LogP contribution < -0.4 is 4.90 Å². The van der Waals surface area contributed by atoms with Crippen molar-refractivity contribution in [1.29, 1.82) is 0 Å². The molecule has 0 spiro atoms. The molecule has 1 aromatic carbocycles. The van der Waals surface area contributed by atoms with Crippen LogP contribution in [0.25, 0.3) is 0 Å². The summed E-state index contributed by atoms with van der Waals surface area (Å²) < 4.78 is 23.6. The fourth-order valence-electron chi connectivity index (χ4n) is 4.03. The summed E-state index contributed by atoms with van der Waals surface area (Å²) in [6, 6.07) is 7.01. The van der Waals surface area contributed by atoms with Gasteiger partial charge >= 0.3 is 0 Å². The fourth-order valence-corrected chi connectivity index (χ4v) is 5.59. The van der Waals surface area contributed by atoms with Gasteiger partial charge in [0.1, 0.15) is 0 Å². The second kappa shape index (κ2) is 7.91. The minimum atomic E-state index is -3.28. The first-order chi connectivity index (χ1) is 13.8. The number of carbonyl (C=O) groups is 2. The van der Waals surface area contributed by atoms with Crippen molar-refractivity contribution in [2.45, 2.75) is 43.5 Å². The molecule has 0 fully saturated rings. The molecule has 4 rings (SSSR count). The third-order valence-electron chi connectivity index (χ3n) is 5.61. The van der Waals surface area contributed by atoms with E-state index in [2.05, 4.69) is 11.4 Å². The Morgan fingerprint density at radius 1 is 1.03 bits per heavy atom. The van der Waals surface area contributed by atoms with Gasteiger partial charge in [0, 0.05) is 49.3 Å². The van der Waals surface area contributed by atoms with Crippen molar-refractivity contribution in [1.82, 2.24) is 4.90 Å². The van der Waals surface area contributed by atoms with Gasteiger partial charge in [0.15, 0.2) is 9.84 Å². The Labute approximate surface area is 175 Å². The van der Waals surface area contributed by atoms with Gasteiger partial charge in [-0.25, -0.2) is 8.42 Å². The van der Waals surface area contributed by atoms with Gasteiger partial charge in [-0.1, -0.05) is 0 Å². The average molecular weight is 433 g/mol. The SMILES string of the molecule is CS(=O)(=O)c1ccc2c(c1)CCCN2C(=O)CCC(=O)N1CCc2sccc2C1. The zero-order chi connectivity index (χ0) is 20.6. The Balaban J connectivity index is 1.40. The Morgan fingerprint density at radius 2 is 1.83 bits per heavy atom. The fraction of sp³-hybridized carbons (Fsp3) is 0.429. The minimum absolute atomic E-state index is 0.0138. The van der Waals surface area contributed by atoms with Crippen molar-refractivity contribution in [2.75, 3.05) is 24.2 Å². The van der Waals surface area contributed by atoms with Crippen LogP contribution in [0.15, 0.2) is 34.5 Å².